The molecule has 0 atom stereocenters. The molecule has 0 aliphatic heterocycles. The summed E-state index contributed by atoms with van der Waals surface area (Å²) < 4.78 is 5.22. The van der Waals surface area contributed by atoms with Gasteiger partial charge in [-0.1, -0.05) is 0 Å². The molecular weight excluding hydrogens is 238 g/mol. The Kier molecular flexibility index (Phi) is 4.76. The molecule has 0 unspecified atom stereocenters. The van der Waals surface area contributed by atoms with Gasteiger partial charge in [-0.15, -0.1) is 0 Å². The molecule has 0 saturated carbocycles. The van der Waals surface area contributed by atoms with Crippen LogP contribution in [0.15, 0.2) is 18.2 Å². The molecule has 1 N–H and O–H groups in total. The minimum atomic E-state index is -0.217. The lowest BCUT2D eigenvalue weighted by Crippen LogP contribution is -2.39. The van der Waals surface area contributed by atoms with Crippen molar-refractivity contribution in [3.8, 4) is 5.75 Å². The molecule has 0 spiro atoms. The number of carbonyl (C=O) groups is 1. The first-order valence-corrected chi connectivity index (χ1v) is 6.38. The lowest BCUT2D eigenvalue weighted by Gasteiger charge is -2.19. The summed E-state index contributed by atoms with van der Waals surface area (Å²) in [6.45, 7) is 9.90. The van der Waals surface area contributed by atoms with Crippen molar-refractivity contribution in [1.29, 1.82) is 0 Å². The number of benzene rings is 1. The molecule has 1 aromatic rings. The van der Waals surface area contributed by atoms with Crippen LogP contribution in [0.1, 0.15) is 37.5 Å². The summed E-state index contributed by atoms with van der Waals surface area (Å²) in [5.41, 5.74) is 3.03. The summed E-state index contributed by atoms with van der Waals surface area (Å²) in [5.74, 6) is 0.758. The predicted molar refractivity (Wildman–Crippen MR) is 79.4 cm³/mol. The second kappa shape index (κ2) is 5.91. The molecule has 3 heteroatoms. The Morgan fingerprint density at radius 1 is 1.21 bits per heavy atom. The Hall–Kier alpha value is -1.77. The number of nitrogens with one attached hydrogen (secondary N) is 1. The Bertz CT molecular complexity index is 473. The van der Waals surface area contributed by atoms with E-state index in [2.05, 4.69) is 5.32 Å². The average Bonchev–Trinajstić information content (AvgIpc) is 2.25. The first-order valence-electron chi connectivity index (χ1n) is 6.38. The molecule has 0 fully saturated rings. The molecule has 3 nitrogen and oxygen atoms in total. The molecule has 0 saturated heterocycles. The number of hydrogen-bond donors (Lipinski definition) is 1. The van der Waals surface area contributed by atoms with Crippen LogP contribution >= 0.6 is 0 Å². The van der Waals surface area contributed by atoms with E-state index >= 15 is 0 Å². The van der Waals surface area contributed by atoms with Crippen LogP contribution in [-0.4, -0.2) is 18.6 Å². The molecular formula is C16H23NO2. The second-order valence-corrected chi connectivity index (χ2v) is 5.75. The number of methoxy groups -OCH3 is 1. The maximum atomic E-state index is 11.8. The fraction of sp³-hybridized carbons (Fsp3) is 0.438. The van der Waals surface area contributed by atoms with Crippen LogP contribution in [0.2, 0.25) is 0 Å². The van der Waals surface area contributed by atoms with Crippen molar-refractivity contribution in [3.63, 3.8) is 0 Å². The van der Waals surface area contributed by atoms with Gasteiger partial charge in [0.25, 0.3) is 0 Å². The number of aryl methyl sites for hydroxylation is 2. The third-order valence-corrected chi connectivity index (χ3v) is 2.70. The van der Waals surface area contributed by atoms with Crippen LogP contribution < -0.4 is 10.1 Å². The molecule has 0 radical (unpaired) electrons. The fourth-order valence-corrected chi connectivity index (χ4v) is 1.89. The molecule has 19 heavy (non-hydrogen) atoms. The van der Waals surface area contributed by atoms with Gasteiger partial charge in [0.05, 0.1) is 7.11 Å². The normalized spacial score (nSPS) is 11.7. The van der Waals surface area contributed by atoms with Crippen molar-refractivity contribution in [2.24, 2.45) is 0 Å². The van der Waals surface area contributed by atoms with Gasteiger partial charge in [-0.25, -0.2) is 0 Å². The molecule has 0 heterocycles. The van der Waals surface area contributed by atoms with Crippen molar-refractivity contribution >= 4 is 12.0 Å². The van der Waals surface area contributed by atoms with E-state index in [-0.39, 0.29) is 11.4 Å². The minimum Gasteiger partial charge on any atom is -0.497 e. The summed E-state index contributed by atoms with van der Waals surface area (Å²) in [6, 6.07) is 3.93. The van der Waals surface area contributed by atoms with Gasteiger partial charge < -0.3 is 10.1 Å². The second-order valence-electron chi connectivity index (χ2n) is 5.75. The third kappa shape index (κ3) is 4.78. The topological polar surface area (TPSA) is 38.3 Å². The van der Waals surface area contributed by atoms with Crippen LogP contribution in [0, 0.1) is 13.8 Å². The number of rotatable bonds is 3. The summed E-state index contributed by atoms with van der Waals surface area (Å²) in [5, 5.41) is 2.90. The van der Waals surface area contributed by atoms with Gasteiger partial charge >= 0.3 is 0 Å². The molecule has 1 amide bonds. The Morgan fingerprint density at radius 2 is 1.74 bits per heavy atom. The van der Waals surface area contributed by atoms with Gasteiger partial charge in [-0.05, 0) is 69.5 Å². The predicted octanol–water partition coefficient (Wildman–Crippen LogP) is 3.24. The van der Waals surface area contributed by atoms with Crippen LogP contribution in [0.3, 0.4) is 0 Å². The maximum Gasteiger partial charge on any atom is 0.244 e. The van der Waals surface area contributed by atoms with E-state index in [0.717, 1.165) is 22.4 Å². The Morgan fingerprint density at radius 3 is 2.16 bits per heavy atom. The van der Waals surface area contributed by atoms with E-state index < -0.39 is 0 Å². The zero-order chi connectivity index (χ0) is 14.6. The van der Waals surface area contributed by atoms with Gasteiger partial charge in [0.1, 0.15) is 5.75 Å². The highest BCUT2D eigenvalue weighted by Crippen LogP contribution is 2.22. The Labute approximate surface area is 115 Å². The van der Waals surface area contributed by atoms with Gasteiger partial charge in [0, 0.05) is 11.6 Å². The number of hydrogen-bond acceptors (Lipinski definition) is 2. The summed E-state index contributed by atoms with van der Waals surface area (Å²) >= 11 is 0. The molecule has 1 rings (SSSR count). The van der Waals surface area contributed by atoms with Gasteiger partial charge in [0.2, 0.25) is 5.91 Å². The first-order chi connectivity index (χ1) is 8.73. The SMILES string of the molecule is COc1cc(C)c(/C=C/C(=O)NC(C)(C)C)c(C)c1. The van der Waals surface area contributed by atoms with E-state index in [1.165, 1.54) is 0 Å². The first kappa shape index (κ1) is 15.3. The van der Waals surface area contributed by atoms with E-state index in [1.807, 2.05) is 52.8 Å². The highest BCUT2D eigenvalue weighted by Gasteiger charge is 2.11. The van der Waals surface area contributed by atoms with Crippen LogP contribution in [-0.2, 0) is 4.79 Å². The maximum absolute atomic E-state index is 11.8. The van der Waals surface area contributed by atoms with Gasteiger partial charge in [-0.2, -0.15) is 0 Å². The van der Waals surface area contributed by atoms with Crippen molar-refractivity contribution in [2.75, 3.05) is 7.11 Å². The molecule has 0 bridgehead atoms. The minimum absolute atomic E-state index is 0.0814. The largest absolute Gasteiger partial charge is 0.497 e. The molecule has 0 aliphatic carbocycles. The summed E-state index contributed by atoms with van der Waals surface area (Å²) in [7, 11) is 1.65. The van der Waals surface area contributed by atoms with E-state index in [4.69, 9.17) is 4.74 Å². The Balaban J connectivity index is 2.91. The smallest absolute Gasteiger partial charge is 0.244 e. The summed E-state index contributed by atoms with van der Waals surface area (Å²) in [4.78, 5) is 11.8. The molecule has 0 aliphatic rings. The van der Waals surface area contributed by atoms with Crippen molar-refractivity contribution in [3.05, 3.63) is 34.9 Å². The van der Waals surface area contributed by atoms with E-state index in [0.29, 0.717) is 0 Å². The summed E-state index contributed by atoms with van der Waals surface area (Å²) in [6.07, 6.45) is 3.43. The van der Waals surface area contributed by atoms with Crippen molar-refractivity contribution in [2.45, 2.75) is 40.2 Å². The zero-order valence-electron chi connectivity index (χ0n) is 12.6. The monoisotopic (exact) mass is 261 g/mol. The highest BCUT2D eigenvalue weighted by molar-refractivity contribution is 5.92. The van der Waals surface area contributed by atoms with Crippen LogP contribution in [0.4, 0.5) is 0 Å². The fourth-order valence-electron chi connectivity index (χ4n) is 1.89. The molecule has 104 valence electrons. The third-order valence-electron chi connectivity index (χ3n) is 2.70. The molecule has 0 aromatic heterocycles. The average molecular weight is 261 g/mol. The van der Waals surface area contributed by atoms with E-state index in [1.54, 1.807) is 13.2 Å². The van der Waals surface area contributed by atoms with Gasteiger partial charge in [-0.3, -0.25) is 4.79 Å². The van der Waals surface area contributed by atoms with Crippen LogP contribution in [0.5, 0.6) is 5.75 Å². The van der Waals surface area contributed by atoms with E-state index in [9.17, 15) is 4.79 Å². The quantitative estimate of drug-likeness (QED) is 0.848. The van der Waals surface area contributed by atoms with Crippen LogP contribution in [0.25, 0.3) is 6.08 Å². The number of carbonyl (C=O) groups excluding carboxylic acids is 1. The lowest BCUT2D eigenvalue weighted by molar-refractivity contribution is -0.117. The van der Waals surface area contributed by atoms with Crippen molar-refractivity contribution in [1.82, 2.24) is 5.32 Å². The zero-order valence-corrected chi connectivity index (χ0v) is 12.6. The molecule has 1 aromatic carbocycles. The van der Waals surface area contributed by atoms with Gasteiger partial charge in [0.15, 0.2) is 0 Å². The standard InChI is InChI=1S/C16H23NO2/c1-11-9-13(19-6)10-12(2)14(11)7-8-15(18)17-16(3,4)5/h7-10H,1-6H3,(H,17,18)/b8-7+. The highest BCUT2D eigenvalue weighted by atomic mass is 16.5. The number of amides is 1. The number of ether oxygens (including phenoxy) is 1. The van der Waals surface area contributed by atoms with Crippen molar-refractivity contribution < 1.29 is 9.53 Å². The lowest BCUT2D eigenvalue weighted by atomic mass is 10.0.